The van der Waals surface area contributed by atoms with Crippen molar-refractivity contribution in [2.75, 3.05) is 0 Å². The van der Waals surface area contributed by atoms with Gasteiger partial charge in [-0.25, -0.2) is 0 Å². The second-order valence-corrected chi connectivity index (χ2v) is 3.26. The Bertz CT molecular complexity index is 276. The van der Waals surface area contributed by atoms with Gasteiger partial charge < -0.3 is 10.0 Å². The van der Waals surface area contributed by atoms with E-state index in [4.69, 9.17) is 10.0 Å². The SMILES string of the molecule is Cc1cc(CBr)ccc1B(O)O. The Labute approximate surface area is 80.5 Å². The lowest BCUT2D eigenvalue weighted by Crippen LogP contribution is -2.31. The summed E-state index contributed by atoms with van der Waals surface area (Å²) in [6.45, 7) is 1.86. The summed E-state index contributed by atoms with van der Waals surface area (Å²) >= 11 is 3.33. The summed E-state index contributed by atoms with van der Waals surface area (Å²) in [5, 5.41) is 18.6. The van der Waals surface area contributed by atoms with E-state index in [1.165, 1.54) is 0 Å². The molecule has 0 radical (unpaired) electrons. The zero-order valence-electron chi connectivity index (χ0n) is 6.79. The minimum atomic E-state index is -1.37. The highest BCUT2D eigenvalue weighted by molar-refractivity contribution is 9.08. The molecular weight excluding hydrogens is 219 g/mol. The van der Waals surface area contributed by atoms with Gasteiger partial charge in [0.2, 0.25) is 0 Å². The van der Waals surface area contributed by atoms with Crippen LogP contribution in [0.1, 0.15) is 11.1 Å². The van der Waals surface area contributed by atoms with E-state index in [1.807, 2.05) is 19.1 Å². The van der Waals surface area contributed by atoms with Crippen molar-refractivity contribution in [1.29, 1.82) is 0 Å². The Morgan fingerprint density at radius 3 is 2.50 bits per heavy atom. The van der Waals surface area contributed by atoms with Crippen molar-refractivity contribution in [3.8, 4) is 0 Å². The molecule has 0 saturated carbocycles. The van der Waals surface area contributed by atoms with E-state index in [9.17, 15) is 0 Å². The Morgan fingerprint density at radius 2 is 2.08 bits per heavy atom. The second kappa shape index (κ2) is 4.07. The van der Waals surface area contributed by atoms with Crippen molar-refractivity contribution in [2.45, 2.75) is 12.3 Å². The van der Waals surface area contributed by atoms with Crippen molar-refractivity contribution in [3.05, 3.63) is 29.3 Å². The van der Waals surface area contributed by atoms with Crippen LogP contribution in [-0.4, -0.2) is 17.2 Å². The van der Waals surface area contributed by atoms with Gasteiger partial charge in [-0.2, -0.15) is 0 Å². The molecule has 1 rings (SSSR count). The van der Waals surface area contributed by atoms with Gasteiger partial charge in [-0.15, -0.1) is 0 Å². The molecule has 0 amide bonds. The minimum Gasteiger partial charge on any atom is -0.423 e. The zero-order chi connectivity index (χ0) is 9.14. The van der Waals surface area contributed by atoms with Crippen LogP contribution in [0.4, 0.5) is 0 Å². The highest BCUT2D eigenvalue weighted by atomic mass is 79.9. The van der Waals surface area contributed by atoms with Gasteiger partial charge in [-0.05, 0) is 17.9 Å². The Morgan fingerprint density at radius 1 is 1.42 bits per heavy atom. The summed E-state index contributed by atoms with van der Waals surface area (Å²) in [5.41, 5.74) is 2.61. The summed E-state index contributed by atoms with van der Waals surface area (Å²) in [5.74, 6) is 0. The summed E-state index contributed by atoms with van der Waals surface area (Å²) in [6, 6.07) is 5.54. The van der Waals surface area contributed by atoms with Gasteiger partial charge in [0.1, 0.15) is 0 Å². The molecule has 0 aliphatic carbocycles. The highest BCUT2D eigenvalue weighted by Gasteiger charge is 2.13. The summed E-state index contributed by atoms with van der Waals surface area (Å²) < 4.78 is 0. The van der Waals surface area contributed by atoms with Crippen LogP contribution in [0.25, 0.3) is 0 Å². The van der Waals surface area contributed by atoms with Crippen LogP contribution in [0, 0.1) is 6.92 Å². The lowest BCUT2D eigenvalue weighted by molar-refractivity contribution is 0.425. The molecule has 0 aromatic heterocycles. The predicted molar refractivity (Wildman–Crippen MR) is 53.6 cm³/mol. The van der Waals surface area contributed by atoms with Crippen LogP contribution in [0.5, 0.6) is 0 Å². The molecule has 1 aromatic rings. The third-order valence-electron chi connectivity index (χ3n) is 1.77. The number of aryl methyl sites for hydroxylation is 1. The quantitative estimate of drug-likeness (QED) is 0.574. The molecule has 0 aliphatic rings. The number of hydrogen-bond donors (Lipinski definition) is 2. The van der Waals surface area contributed by atoms with Crippen molar-refractivity contribution in [1.82, 2.24) is 0 Å². The molecule has 0 spiro atoms. The molecule has 0 fully saturated rings. The molecule has 64 valence electrons. The monoisotopic (exact) mass is 228 g/mol. The molecule has 1 aromatic carbocycles. The van der Waals surface area contributed by atoms with E-state index >= 15 is 0 Å². The normalized spacial score (nSPS) is 10.0. The van der Waals surface area contributed by atoms with Crippen LogP contribution in [-0.2, 0) is 5.33 Å². The number of alkyl halides is 1. The van der Waals surface area contributed by atoms with Gasteiger partial charge in [0.15, 0.2) is 0 Å². The van der Waals surface area contributed by atoms with Gasteiger partial charge >= 0.3 is 7.12 Å². The topological polar surface area (TPSA) is 40.5 Å². The average Bonchev–Trinajstić information content (AvgIpc) is 2.03. The number of hydrogen-bond acceptors (Lipinski definition) is 2. The van der Waals surface area contributed by atoms with E-state index in [0.717, 1.165) is 16.5 Å². The molecule has 12 heavy (non-hydrogen) atoms. The standard InChI is InChI=1S/C8H10BBrO2/c1-6-4-7(5-10)2-3-8(6)9(11)12/h2-4,11-12H,5H2,1H3. The molecule has 0 bridgehead atoms. The Balaban J connectivity index is 3.03. The van der Waals surface area contributed by atoms with Gasteiger partial charge in [0, 0.05) is 5.33 Å². The first-order chi connectivity index (χ1) is 5.65. The second-order valence-electron chi connectivity index (χ2n) is 2.70. The maximum Gasteiger partial charge on any atom is 0.488 e. The molecule has 2 nitrogen and oxygen atoms in total. The van der Waals surface area contributed by atoms with E-state index in [0.29, 0.717) is 5.46 Å². The van der Waals surface area contributed by atoms with E-state index in [2.05, 4.69) is 15.9 Å². The van der Waals surface area contributed by atoms with E-state index in [1.54, 1.807) is 6.07 Å². The maximum absolute atomic E-state index is 8.91. The van der Waals surface area contributed by atoms with Crippen molar-refractivity contribution >= 4 is 28.5 Å². The highest BCUT2D eigenvalue weighted by Crippen LogP contribution is 2.06. The van der Waals surface area contributed by atoms with Gasteiger partial charge in [0.05, 0.1) is 0 Å². The number of benzene rings is 1. The van der Waals surface area contributed by atoms with E-state index < -0.39 is 7.12 Å². The average molecular weight is 229 g/mol. The van der Waals surface area contributed by atoms with Crippen molar-refractivity contribution in [2.24, 2.45) is 0 Å². The summed E-state index contributed by atoms with van der Waals surface area (Å²) in [4.78, 5) is 0. The van der Waals surface area contributed by atoms with Gasteiger partial charge in [-0.1, -0.05) is 39.7 Å². The fourth-order valence-electron chi connectivity index (χ4n) is 1.11. The maximum atomic E-state index is 8.91. The first kappa shape index (κ1) is 9.77. The van der Waals surface area contributed by atoms with Crippen LogP contribution < -0.4 is 5.46 Å². The Kier molecular flexibility index (Phi) is 3.32. The smallest absolute Gasteiger partial charge is 0.423 e. The first-order valence-corrected chi connectivity index (χ1v) is 4.79. The first-order valence-electron chi connectivity index (χ1n) is 3.66. The van der Waals surface area contributed by atoms with E-state index in [-0.39, 0.29) is 0 Å². The molecular formula is C8H10BBrO2. The van der Waals surface area contributed by atoms with Crippen molar-refractivity contribution < 1.29 is 10.0 Å². The largest absolute Gasteiger partial charge is 0.488 e. The molecule has 0 unspecified atom stereocenters. The van der Waals surface area contributed by atoms with Crippen LogP contribution >= 0.6 is 15.9 Å². The third kappa shape index (κ3) is 2.09. The predicted octanol–water partition coefficient (Wildman–Crippen LogP) is 0.570. The van der Waals surface area contributed by atoms with Gasteiger partial charge in [0.25, 0.3) is 0 Å². The van der Waals surface area contributed by atoms with Crippen LogP contribution in [0.15, 0.2) is 18.2 Å². The molecule has 4 heteroatoms. The lowest BCUT2D eigenvalue weighted by atomic mass is 9.77. The van der Waals surface area contributed by atoms with Crippen LogP contribution in [0.3, 0.4) is 0 Å². The van der Waals surface area contributed by atoms with Gasteiger partial charge in [-0.3, -0.25) is 0 Å². The van der Waals surface area contributed by atoms with Crippen molar-refractivity contribution in [3.63, 3.8) is 0 Å². The molecule has 0 atom stereocenters. The summed E-state index contributed by atoms with van der Waals surface area (Å²) in [7, 11) is -1.37. The number of rotatable bonds is 2. The molecule has 2 N–H and O–H groups in total. The fraction of sp³-hybridized carbons (Fsp3) is 0.250. The third-order valence-corrected chi connectivity index (χ3v) is 2.41. The summed E-state index contributed by atoms with van der Waals surface area (Å²) in [6.07, 6.45) is 0. The number of halogens is 1. The van der Waals surface area contributed by atoms with Crippen LogP contribution in [0.2, 0.25) is 0 Å². The minimum absolute atomic E-state index is 0.569. The molecule has 0 heterocycles. The zero-order valence-corrected chi connectivity index (χ0v) is 8.37. The lowest BCUT2D eigenvalue weighted by Gasteiger charge is -2.05. The fourth-order valence-corrected chi connectivity index (χ4v) is 1.46. The molecule has 0 aliphatic heterocycles. The Hall–Kier alpha value is -0.315. The molecule has 0 saturated heterocycles.